The smallest absolute Gasteiger partial charge is 0.224 e. The van der Waals surface area contributed by atoms with Crippen LogP contribution in [0.25, 0.3) is 0 Å². The van der Waals surface area contributed by atoms with Gasteiger partial charge >= 0.3 is 0 Å². The highest BCUT2D eigenvalue weighted by atomic mass is 32.2. The van der Waals surface area contributed by atoms with Crippen molar-refractivity contribution in [3.63, 3.8) is 0 Å². The Labute approximate surface area is 185 Å². The van der Waals surface area contributed by atoms with E-state index in [9.17, 15) is 13.2 Å². The molecule has 6 nitrogen and oxygen atoms in total. The maximum absolute atomic E-state index is 12.2. The molecule has 166 valence electrons. The molecule has 7 heteroatoms. The van der Waals surface area contributed by atoms with Gasteiger partial charge in [0, 0.05) is 37.4 Å². The predicted molar refractivity (Wildman–Crippen MR) is 124 cm³/mol. The Bertz CT molecular complexity index is 969. The molecule has 2 saturated heterocycles. The van der Waals surface area contributed by atoms with Crippen LogP contribution in [0.4, 0.5) is 5.69 Å². The van der Waals surface area contributed by atoms with Gasteiger partial charge in [-0.15, -0.1) is 0 Å². The van der Waals surface area contributed by atoms with E-state index >= 15 is 0 Å². The number of hydrogen-bond acceptors (Lipinski definition) is 5. The Morgan fingerprint density at radius 3 is 2.26 bits per heavy atom. The predicted octanol–water partition coefficient (Wildman–Crippen LogP) is 2.29. The minimum atomic E-state index is -2.83. The Balaban J connectivity index is 1.21. The van der Waals surface area contributed by atoms with Crippen molar-refractivity contribution < 1.29 is 13.2 Å². The van der Waals surface area contributed by atoms with Crippen LogP contribution >= 0.6 is 0 Å². The maximum atomic E-state index is 12.2. The third kappa shape index (κ3) is 6.31. The van der Waals surface area contributed by atoms with Crippen LogP contribution < -0.4 is 15.5 Å². The standard InChI is InChI=1S/C24H31N3O3S/c28-24(25-17-20-4-2-1-3-5-20)16-19-6-8-23(9-7-19)27-13-10-21(11-14-27)26-22-12-15-31(29,30)18-22/h1-9,21-22,26H,10-18H2,(H,25,28). The van der Waals surface area contributed by atoms with Crippen molar-refractivity contribution in [3.05, 3.63) is 65.7 Å². The molecular formula is C24H31N3O3S. The SMILES string of the molecule is O=C(Cc1ccc(N2CCC(NC3CCS(=O)(=O)C3)CC2)cc1)NCc1ccccc1. The van der Waals surface area contributed by atoms with E-state index < -0.39 is 9.84 Å². The molecule has 2 aliphatic heterocycles. The first-order valence-corrected chi connectivity index (χ1v) is 12.9. The van der Waals surface area contributed by atoms with Crippen molar-refractivity contribution in [2.45, 2.75) is 44.3 Å². The van der Waals surface area contributed by atoms with Crippen molar-refractivity contribution in [3.8, 4) is 0 Å². The number of benzene rings is 2. The molecule has 2 heterocycles. The van der Waals surface area contributed by atoms with Gasteiger partial charge in [-0.2, -0.15) is 0 Å². The third-order valence-corrected chi connectivity index (χ3v) is 7.97. The van der Waals surface area contributed by atoms with Gasteiger partial charge in [-0.1, -0.05) is 42.5 Å². The minimum absolute atomic E-state index is 0.0254. The Kier molecular flexibility index (Phi) is 6.92. The normalized spacial score (nSPS) is 21.2. The number of nitrogens with zero attached hydrogens (tertiary/aromatic N) is 1. The Morgan fingerprint density at radius 1 is 0.903 bits per heavy atom. The first-order chi connectivity index (χ1) is 15.0. The fourth-order valence-electron chi connectivity index (χ4n) is 4.43. The highest BCUT2D eigenvalue weighted by molar-refractivity contribution is 7.91. The number of nitrogens with one attached hydrogen (secondary N) is 2. The van der Waals surface area contributed by atoms with Crippen LogP contribution in [0.3, 0.4) is 0 Å². The van der Waals surface area contributed by atoms with Crippen molar-refractivity contribution in [2.75, 3.05) is 29.5 Å². The lowest BCUT2D eigenvalue weighted by molar-refractivity contribution is -0.120. The molecule has 2 N–H and O–H groups in total. The molecule has 0 aromatic heterocycles. The van der Waals surface area contributed by atoms with Gasteiger partial charge in [-0.05, 0) is 42.5 Å². The fraction of sp³-hybridized carbons (Fsp3) is 0.458. The zero-order valence-corrected chi connectivity index (χ0v) is 18.6. The summed E-state index contributed by atoms with van der Waals surface area (Å²) in [6.45, 7) is 2.45. The van der Waals surface area contributed by atoms with Crippen molar-refractivity contribution in [1.82, 2.24) is 10.6 Å². The lowest BCUT2D eigenvalue weighted by atomic mass is 10.0. The van der Waals surface area contributed by atoms with Gasteiger partial charge < -0.3 is 15.5 Å². The van der Waals surface area contributed by atoms with E-state index in [0.717, 1.165) is 43.5 Å². The average molecular weight is 442 g/mol. The fourth-order valence-corrected chi connectivity index (χ4v) is 6.12. The van der Waals surface area contributed by atoms with Gasteiger partial charge in [0.25, 0.3) is 0 Å². The first-order valence-electron chi connectivity index (χ1n) is 11.1. The molecule has 1 unspecified atom stereocenters. The van der Waals surface area contributed by atoms with E-state index in [1.165, 1.54) is 5.69 Å². The molecule has 0 radical (unpaired) electrons. The van der Waals surface area contributed by atoms with Crippen LogP contribution in [0, 0.1) is 0 Å². The summed E-state index contributed by atoms with van der Waals surface area (Å²) in [5, 5.41) is 6.52. The summed E-state index contributed by atoms with van der Waals surface area (Å²) in [4.78, 5) is 14.6. The van der Waals surface area contributed by atoms with Crippen LogP contribution in [0.2, 0.25) is 0 Å². The molecule has 0 saturated carbocycles. The number of piperidine rings is 1. The van der Waals surface area contributed by atoms with E-state index in [2.05, 4.69) is 27.7 Å². The number of amides is 1. The summed E-state index contributed by atoms with van der Waals surface area (Å²) in [5.74, 6) is 0.630. The van der Waals surface area contributed by atoms with E-state index in [0.29, 0.717) is 24.8 Å². The Morgan fingerprint density at radius 2 is 1.61 bits per heavy atom. The summed E-state index contributed by atoms with van der Waals surface area (Å²) in [7, 11) is -2.83. The van der Waals surface area contributed by atoms with Crippen LogP contribution in [0.15, 0.2) is 54.6 Å². The lowest BCUT2D eigenvalue weighted by Gasteiger charge is -2.35. The second kappa shape index (κ2) is 9.83. The largest absolute Gasteiger partial charge is 0.371 e. The molecule has 0 aliphatic carbocycles. The summed E-state index contributed by atoms with van der Waals surface area (Å²) in [5.41, 5.74) is 3.28. The van der Waals surface area contributed by atoms with Gasteiger partial charge in [0.05, 0.1) is 17.9 Å². The summed E-state index contributed by atoms with van der Waals surface area (Å²) >= 11 is 0. The van der Waals surface area contributed by atoms with Crippen molar-refractivity contribution in [2.24, 2.45) is 0 Å². The van der Waals surface area contributed by atoms with Crippen LogP contribution in [0.5, 0.6) is 0 Å². The summed E-state index contributed by atoms with van der Waals surface area (Å²) in [6, 6.07) is 18.7. The summed E-state index contributed by atoms with van der Waals surface area (Å²) < 4.78 is 23.3. The number of hydrogen-bond donors (Lipinski definition) is 2. The van der Waals surface area contributed by atoms with E-state index in [1.54, 1.807) is 0 Å². The second-order valence-corrected chi connectivity index (χ2v) is 10.9. The number of carbonyl (C=O) groups is 1. The molecule has 1 atom stereocenters. The van der Waals surface area contributed by atoms with E-state index in [1.807, 2.05) is 42.5 Å². The lowest BCUT2D eigenvalue weighted by Crippen LogP contribution is -2.46. The zero-order valence-electron chi connectivity index (χ0n) is 17.8. The van der Waals surface area contributed by atoms with Crippen LogP contribution in [-0.2, 0) is 27.6 Å². The topological polar surface area (TPSA) is 78.5 Å². The average Bonchev–Trinajstić information content (AvgIpc) is 3.12. The first kappa shape index (κ1) is 21.8. The van der Waals surface area contributed by atoms with Gasteiger partial charge in [0.15, 0.2) is 9.84 Å². The summed E-state index contributed by atoms with van der Waals surface area (Å²) in [6.07, 6.45) is 3.15. The van der Waals surface area contributed by atoms with Crippen molar-refractivity contribution >= 4 is 21.4 Å². The maximum Gasteiger partial charge on any atom is 0.224 e. The van der Waals surface area contributed by atoms with Gasteiger partial charge in [-0.25, -0.2) is 8.42 Å². The minimum Gasteiger partial charge on any atom is -0.371 e. The molecule has 2 aliphatic rings. The molecule has 0 bridgehead atoms. The molecule has 2 aromatic rings. The van der Waals surface area contributed by atoms with Crippen LogP contribution in [-0.4, -0.2) is 51.0 Å². The number of sulfone groups is 1. The van der Waals surface area contributed by atoms with Gasteiger partial charge in [-0.3, -0.25) is 4.79 Å². The van der Waals surface area contributed by atoms with Gasteiger partial charge in [0.2, 0.25) is 5.91 Å². The molecule has 2 aromatic carbocycles. The molecule has 4 rings (SSSR count). The Hall–Kier alpha value is -2.38. The second-order valence-electron chi connectivity index (χ2n) is 8.63. The van der Waals surface area contributed by atoms with Gasteiger partial charge in [0.1, 0.15) is 0 Å². The van der Waals surface area contributed by atoms with Crippen molar-refractivity contribution in [1.29, 1.82) is 0 Å². The highest BCUT2D eigenvalue weighted by Crippen LogP contribution is 2.22. The van der Waals surface area contributed by atoms with E-state index in [4.69, 9.17) is 0 Å². The quantitative estimate of drug-likeness (QED) is 0.689. The third-order valence-electron chi connectivity index (χ3n) is 6.20. The van der Waals surface area contributed by atoms with Crippen LogP contribution in [0.1, 0.15) is 30.4 Å². The highest BCUT2D eigenvalue weighted by Gasteiger charge is 2.30. The molecular weight excluding hydrogens is 410 g/mol. The monoisotopic (exact) mass is 441 g/mol. The number of rotatable bonds is 7. The molecule has 0 spiro atoms. The molecule has 31 heavy (non-hydrogen) atoms. The zero-order chi connectivity index (χ0) is 21.7. The molecule has 2 fully saturated rings. The number of anilines is 1. The van der Waals surface area contributed by atoms with E-state index in [-0.39, 0.29) is 17.7 Å². The molecule has 1 amide bonds. The number of carbonyl (C=O) groups excluding carboxylic acids is 1.